The van der Waals surface area contributed by atoms with Crippen LogP contribution in [0.4, 0.5) is 0 Å². The molecule has 1 fully saturated rings. The van der Waals surface area contributed by atoms with Crippen molar-refractivity contribution in [3.8, 4) is 0 Å². The number of carboxylic acid groups (broad SMARTS) is 1. The van der Waals surface area contributed by atoms with Gasteiger partial charge in [-0.2, -0.15) is 0 Å². The van der Waals surface area contributed by atoms with Crippen LogP contribution in [0.1, 0.15) is 49.9 Å². The highest BCUT2D eigenvalue weighted by atomic mass is 16.4. The normalized spacial score (nSPS) is 16.6. The van der Waals surface area contributed by atoms with E-state index in [-0.39, 0.29) is 24.2 Å². The molecular formula is C15H21N3O3. The topological polar surface area (TPSA) is 92.2 Å². The Morgan fingerprint density at radius 1 is 1.24 bits per heavy atom. The Morgan fingerprint density at radius 3 is 2.52 bits per heavy atom. The van der Waals surface area contributed by atoms with Crippen LogP contribution in [0, 0.1) is 12.3 Å². The molecule has 1 saturated carbocycles. The number of aliphatic carboxylic acids is 1. The molecule has 0 spiro atoms. The predicted molar refractivity (Wildman–Crippen MR) is 76.4 cm³/mol. The van der Waals surface area contributed by atoms with Crippen LogP contribution in [0.5, 0.6) is 0 Å². The van der Waals surface area contributed by atoms with Gasteiger partial charge in [0.1, 0.15) is 0 Å². The predicted octanol–water partition coefficient (Wildman–Crippen LogP) is 1.83. The number of carbonyl (C=O) groups excluding carboxylic acids is 1. The van der Waals surface area contributed by atoms with Crippen LogP contribution in [0.2, 0.25) is 0 Å². The highest BCUT2D eigenvalue weighted by Gasteiger charge is 2.37. The molecule has 1 aliphatic carbocycles. The summed E-state index contributed by atoms with van der Waals surface area (Å²) in [7, 11) is 0. The van der Waals surface area contributed by atoms with Crippen molar-refractivity contribution in [3.05, 3.63) is 23.8 Å². The monoisotopic (exact) mass is 291 g/mol. The first-order valence-electron chi connectivity index (χ1n) is 7.25. The van der Waals surface area contributed by atoms with E-state index in [1.807, 2.05) is 6.92 Å². The smallest absolute Gasteiger partial charge is 0.303 e. The second kappa shape index (κ2) is 6.65. The Bertz CT molecular complexity index is 507. The van der Waals surface area contributed by atoms with Crippen molar-refractivity contribution in [3.63, 3.8) is 0 Å². The summed E-state index contributed by atoms with van der Waals surface area (Å²) in [6, 6.07) is 0. The number of rotatable bonds is 6. The molecule has 1 amide bonds. The van der Waals surface area contributed by atoms with Gasteiger partial charge in [-0.1, -0.05) is 12.8 Å². The fourth-order valence-corrected chi connectivity index (χ4v) is 2.96. The summed E-state index contributed by atoms with van der Waals surface area (Å²) in [5, 5.41) is 11.8. The van der Waals surface area contributed by atoms with Crippen molar-refractivity contribution in [2.75, 3.05) is 0 Å². The van der Waals surface area contributed by atoms with Crippen LogP contribution in [-0.2, 0) is 16.1 Å². The Hall–Kier alpha value is -1.98. The maximum Gasteiger partial charge on any atom is 0.303 e. The van der Waals surface area contributed by atoms with Gasteiger partial charge in [0.05, 0.1) is 30.6 Å². The van der Waals surface area contributed by atoms with Gasteiger partial charge in [0.2, 0.25) is 5.91 Å². The molecule has 1 aromatic rings. The Morgan fingerprint density at radius 2 is 1.95 bits per heavy atom. The zero-order valence-electron chi connectivity index (χ0n) is 12.3. The van der Waals surface area contributed by atoms with Crippen molar-refractivity contribution >= 4 is 11.9 Å². The molecule has 0 aliphatic heterocycles. The van der Waals surface area contributed by atoms with E-state index >= 15 is 0 Å². The second-order valence-corrected chi connectivity index (χ2v) is 5.88. The van der Waals surface area contributed by atoms with Crippen molar-refractivity contribution < 1.29 is 14.7 Å². The Labute approximate surface area is 124 Å². The molecular weight excluding hydrogens is 270 g/mol. The molecule has 2 N–H and O–H groups in total. The Kier molecular flexibility index (Phi) is 4.88. The summed E-state index contributed by atoms with van der Waals surface area (Å²) >= 11 is 0. The lowest BCUT2D eigenvalue weighted by Gasteiger charge is -2.26. The van der Waals surface area contributed by atoms with Crippen LogP contribution in [0.3, 0.4) is 0 Å². The zero-order valence-corrected chi connectivity index (χ0v) is 12.3. The van der Waals surface area contributed by atoms with E-state index in [9.17, 15) is 9.59 Å². The highest BCUT2D eigenvalue weighted by molar-refractivity contribution is 5.78. The fourth-order valence-electron chi connectivity index (χ4n) is 2.96. The van der Waals surface area contributed by atoms with E-state index < -0.39 is 5.97 Å². The number of aryl methyl sites for hydroxylation is 1. The molecule has 0 radical (unpaired) electrons. The summed E-state index contributed by atoms with van der Waals surface area (Å²) in [5.41, 5.74) is 1.17. The van der Waals surface area contributed by atoms with E-state index in [1.54, 1.807) is 12.4 Å². The molecule has 6 nitrogen and oxygen atoms in total. The number of hydrogen-bond donors (Lipinski definition) is 2. The van der Waals surface area contributed by atoms with E-state index in [0.29, 0.717) is 12.2 Å². The number of carbonyl (C=O) groups is 2. The van der Waals surface area contributed by atoms with Crippen molar-refractivity contribution in [1.82, 2.24) is 15.3 Å². The van der Waals surface area contributed by atoms with Crippen LogP contribution >= 0.6 is 0 Å². The summed E-state index contributed by atoms with van der Waals surface area (Å²) < 4.78 is 0. The van der Waals surface area contributed by atoms with Gasteiger partial charge in [-0.05, 0) is 25.2 Å². The van der Waals surface area contributed by atoms with Crippen LogP contribution in [0.25, 0.3) is 0 Å². The third kappa shape index (κ3) is 4.51. The molecule has 0 atom stereocenters. The number of nitrogens with one attached hydrogen (secondary N) is 1. The van der Waals surface area contributed by atoms with Crippen LogP contribution < -0.4 is 5.32 Å². The molecule has 0 unspecified atom stereocenters. The van der Waals surface area contributed by atoms with E-state index in [2.05, 4.69) is 15.3 Å². The molecule has 1 aromatic heterocycles. The van der Waals surface area contributed by atoms with Crippen molar-refractivity contribution in [1.29, 1.82) is 0 Å². The summed E-state index contributed by atoms with van der Waals surface area (Å²) in [4.78, 5) is 31.4. The fraction of sp³-hybridized carbons (Fsp3) is 0.600. The Balaban J connectivity index is 1.87. The minimum Gasteiger partial charge on any atom is -0.481 e. The standard InChI is InChI=1S/C15H21N3O3/c1-11-8-17-12(9-16-11)10-18-13(19)6-15(7-14(20)21)4-2-3-5-15/h8-9H,2-7,10H2,1H3,(H,18,19)(H,20,21). The minimum absolute atomic E-state index is 0.0742. The molecule has 6 heteroatoms. The minimum atomic E-state index is -0.825. The maximum atomic E-state index is 12.1. The maximum absolute atomic E-state index is 12.1. The highest BCUT2D eigenvalue weighted by Crippen LogP contribution is 2.43. The van der Waals surface area contributed by atoms with Gasteiger partial charge in [0.25, 0.3) is 0 Å². The van der Waals surface area contributed by atoms with Gasteiger partial charge in [0.15, 0.2) is 0 Å². The average molecular weight is 291 g/mol. The average Bonchev–Trinajstić information content (AvgIpc) is 2.85. The van der Waals surface area contributed by atoms with E-state index in [0.717, 1.165) is 31.4 Å². The van der Waals surface area contributed by atoms with Crippen molar-refractivity contribution in [2.24, 2.45) is 5.41 Å². The zero-order chi connectivity index (χ0) is 15.3. The second-order valence-electron chi connectivity index (χ2n) is 5.88. The van der Waals surface area contributed by atoms with E-state index in [4.69, 9.17) is 5.11 Å². The number of amides is 1. The summed E-state index contributed by atoms with van der Waals surface area (Å²) in [6.07, 6.45) is 7.29. The SMILES string of the molecule is Cc1cnc(CNC(=O)CC2(CC(=O)O)CCCC2)cn1. The van der Waals surface area contributed by atoms with Crippen LogP contribution in [0.15, 0.2) is 12.4 Å². The lowest BCUT2D eigenvalue weighted by molar-refractivity contribution is -0.140. The third-order valence-corrected chi connectivity index (χ3v) is 4.03. The summed E-state index contributed by atoms with van der Waals surface area (Å²) in [5.74, 6) is -0.936. The first-order valence-corrected chi connectivity index (χ1v) is 7.25. The molecule has 114 valence electrons. The van der Waals surface area contributed by atoms with E-state index in [1.165, 1.54) is 0 Å². The first kappa shape index (κ1) is 15.4. The molecule has 1 aliphatic rings. The third-order valence-electron chi connectivity index (χ3n) is 4.03. The van der Waals surface area contributed by atoms with Gasteiger partial charge in [-0.15, -0.1) is 0 Å². The molecule has 1 heterocycles. The van der Waals surface area contributed by atoms with Gasteiger partial charge >= 0.3 is 5.97 Å². The van der Waals surface area contributed by atoms with Gasteiger partial charge in [0, 0.05) is 12.6 Å². The molecule has 0 bridgehead atoms. The van der Waals surface area contributed by atoms with Gasteiger partial charge in [-0.25, -0.2) is 0 Å². The largest absolute Gasteiger partial charge is 0.481 e. The van der Waals surface area contributed by atoms with Crippen LogP contribution in [-0.4, -0.2) is 27.0 Å². The molecule has 0 saturated heterocycles. The molecule has 21 heavy (non-hydrogen) atoms. The quantitative estimate of drug-likeness (QED) is 0.834. The first-order chi connectivity index (χ1) is 9.99. The lowest BCUT2D eigenvalue weighted by Crippen LogP contribution is -2.32. The number of nitrogens with zero attached hydrogens (tertiary/aromatic N) is 2. The molecule has 2 rings (SSSR count). The van der Waals surface area contributed by atoms with Gasteiger partial charge < -0.3 is 10.4 Å². The lowest BCUT2D eigenvalue weighted by atomic mass is 9.79. The van der Waals surface area contributed by atoms with Gasteiger partial charge in [-0.3, -0.25) is 19.6 Å². The van der Waals surface area contributed by atoms with Crippen molar-refractivity contribution in [2.45, 2.75) is 52.0 Å². The number of aromatic nitrogens is 2. The number of hydrogen-bond acceptors (Lipinski definition) is 4. The number of carboxylic acids is 1. The summed E-state index contributed by atoms with van der Waals surface area (Å²) in [6.45, 7) is 2.18. The molecule has 0 aromatic carbocycles.